The third kappa shape index (κ3) is 2.48. The van der Waals surface area contributed by atoms with Crippen molar-refractivity contribution in [1.82, 2.24) is 9.80 Å². The molecule has 0 aliphatic carbocycles. The van der Waals surface area contributed by atoms with Gasteiger partial charge in [-0.2, -0.15) is 0 Å². The Morgan fingerprint density at radius 1 is 1.07 bits per heavy atom. The van der Waals surface area contributed by atoms with Crippen LogP contribution in [-0.2, 0) is 0 Å². The molecule has 84 valence electrons. The van der Waals surface area contributed by atoms with Gasteiger partial charge in [0, 0.05) is 31.2 Å². The summed E-state index contributed by atoms with van der Waals surface area (Å²) in [6.45, 7) is 11.8. The van der Waals surface area contributed by atoms with Gasteiger partial charge in [0.05, 0.1) is 0 Å². The first-order valence-electron chi connectivity index (χ1n) is 6.06. The van der Waals surface area contributed by atoms with Crippen LogP contribution in [0.15, 0.2) is 0 Å². The molecule has 1 heterocycles. The van der Waals surface area contributed by atoms with Gasteiger partial charge in [-0.05, 0) is 33.7 Å². The Morgan fingerprint density at radius 3 is 1.86 bits per heavy atom. The highest BCUT2D eigenvalue weighted by atomic mass is 15.3. The van der Waals surface area contributed by atoms with Crippen molar-refractivity contribution in [3.63, 3.8) is 0 Å². The third-order valence-electron chi connectivity index (χ3n) is 3.85. The molecule has 0 spiro atoms. The number of hydrogen-bond donors (Lipinski definition) is 0. The van der Waals surface area contributed by atoms with Crippen LogP contribution in [0.25, 0.3) is 0 Å². The van der Waals surface area contributed by atoms with Gasteiger partial charge in [-0.3, -0.25) is 9.80 Å². The van der Waals surface area contributed by atoms with Crippen LogP contribution in [0.3, 0.4) is 0 Å². The molecule has 2 atom stereocenters. The van der Waals surface area contributed by atoms with Crippen molar-refractivity contribution >= 4 is 0 Å². The SMILES string of the molecule is CCC(CC)N1CC(C)N(C)C(C)C1. The first kappa shape index (κ1) is 12.0. The second-order valence-electron chi connectivity index (χ2n) is 4.79. The van der Waals surface area contributed by atoms with E-state index in [1.165, 1.54) is 25.9 Å². The maximum absolute atomic E-state index is 2.68. The molecule has 14 heavy (non-hydrogen) atoms. The molecule has 0 radical (unpaired) electrons. The molecule has 1 saturated heterocycles. The second-order valence-corrected chi connectivity index (χ2v) is 4.79. The van der Waals surface area contributed by atoms with Gasteiger partial charge in [-0.15, -0.1) is 0 Å². The minimum atomic E-state index is 0.708. The topological polar surface area (TPSA) is 6.48 Å². The highest BCUT2D eigenvalue weighted by Crippen LogP contribution is 2.18. The van der Waals surface area contributed by atoms with Gasteiger partial charge in [-0.25, -0.2) is 0 Å². The van der Waals surface area contributed by atoms with E-state index in [1.54, 1.807) is 0 Å². The maximum atomic E-state index is 2.68. The summed E-state index contributed by atoms with van der Waals surface area (Å²) in [4.78, 5) is 5.17. The number of hydrogen-bond acceptors (Lipinski definition) is 2. The van der Waals surface area contributed by atoms with Crippen molar-refractivity contribution < 1.29 is 0 Å². The zero-order valence-electron chi connectivity index (χ0n) is 10.5. The van der Waals surface area contributed by atoms with Gasteiger partial charge in [-0.1, -0.05) is 13.8 Å². The van der Waals surface area contributed by atoms with E-state index in [-0.39, 0.29) is 0 Å². The van der Waals surface area contributed by atoms with E-state index in [0.717, 1.165) is 6.04 Å². The predicted molar refractivity (Wildman–Crippen MR) is 62.6 cm³/mol. The molecule has 2 unspecified atom stereocenters. The van der Waals surface area contributed by atoms with Crippen LogP contribution in [0, 0.1) is 0 Å². The molecular formula is C12H26N2. The quantitative estimate of drug-likeness (QED) is 0.686. The number of likely N-dealkylation sites (N-methyl/N-ethyl adjacent to an activating group) is 1. The molecule has 1 fully saturated rings. The van der Waals surface area contributed by atoms with Crippen LogP contribution < -0.4 is 0 Å². The van der Waals surface area contributed by atoms with Gasteiger partial charge >= 0.3 is 0 Å². The van der Waals surface area contributed by atoms with E-state index >= 15 is 0 Å². The minimum Gasteiger partial charge on any atom is -0.298 e. The lowest BCUT2D eigenvalue weighted by Gasteiger charge is -2.45. The standard InChI is InChI=1S/C12H26N2/c1-6-12(7-2)14-8-10(3)13(5)11(4)9-14/h10-12H,6-9H2,1-5H3. The molecule has 0 amide bonds. The molecule has 2 nitrogen and oxygen atoms in total. The fourth-order valence-electron chi connectivity index (χ4n) is 2.55. The van der Waals surface area contributed by atoms with Crippen LogP contribution >= 0.6 is 0 Å². The summed E-state index contributed by atoms with van der Waals surface area (Å²) in [7, 11) is 2.25. The van der Waals surface area contributed by atoms with E-state index in [1.807, 2.05) is 0 Å². The predicted octanol–water partition coefficient (Wildman–Crippen LogP) is 2.20. The highest BCUT2D eigenvalue weighted by Gasteiger charge is 2.29. The first-order valence-corrected chi connectivity index (χ1v) is 6.06. The molecule has 1 aliphatic heterocycles. The van der Waals surface area contributed by atoms with E-state index < -0.39 is 0 Å². The molecule has 1 rings (SSSR count). The Labute approximate surface area is 89.3 Å². The van der Waals surface area contributed by atoms with Gasteiger partial charge < -0.3 is 0 Å². The smallest absolute Gasteiger partial charge is 0.0195 e. The average molecular weight is 198 g/mol. The summed E-state index contributed by atoms with van der Waals surface area (Å²) >= 11 is 0. The summed E-state index contributed by atoms with van der Waals surface area (Å²) in [5.74, 6) is 0. The summed E-state index contributed by atoms with van der Waals surface area (Å²) in [5.41, 5.74) is 0. The summed E-state index contributed by atoms with van der Waals surface area (Å²) in [6.07, 6.45) is 2.58. The monoisotopic (exact) mass is 198 g/mol. The van der Waals surface area contributed by atoms with Crippen LogP contribution in [0.2, 0.25) is 0 Å². The third-order valence-corrected chi connectivity index (χ3v) is 3.85. The van der Waals surface area contributed by atoms with E-state index in [2.05, 4.69) is 44.5 Å². The van der Waals surface area contributed by atoms with Gasteiger partial charge in [0.2, 0.25) is 0 Å². The van der Waals surface area contributed by atoms with Crippen LogP contribution in [0.5, 0.6) is 0 Å². The van der Waals surface area contributed by atoms with Gasteiger partial charge in [0.15, 0.2) is 0 Å². The molecule has 0 N–H and O–H groups in total. The van der Waals surface area contributed by atoms with Crippen molar-refractivity contribution in [2.75, 3.05) is 20.1 Å². The number of piperazine rings is 1. The van der Waals surface area contributed by atoms with Crippen molar-refractivity contribution in [3.05, 3.63) is 0 Å². The Balaban J connectivity index is 2.56. The van der Waals surface area contributed by atoms with Gasteiger partial charge in [0.25, 0.3) is 0 Å². The average Bonchev–Trinajstić information content (AvgIpc) is 2.16. The normalized spacial score (nSPS) is 31.3. The van der Waals surface area contributed by atoms with Crippen molar-refractivity contribution in [2.45, 2.75) is 58.7 Å². The summed E-state index contributed by atoms with van der Waals surface area (Å²) in [6, 6.07) is 2.22. The summed E-state index contributed by atoms with van der Waals surface area (Å²) in [5, 5.41) is 0. The Bertz CT molecular complexity index is 154. The molecule has 0 aromatic carbocycles. The van der Waals surface area contributed by atoms with Crippen LogP contribution in [-0.4, -0.2) is 48.1 Å². The van der Waals surface area contributed by atoms with Crippen molar-refractivity contribution in [3.8, 4) is 0 Å². The van der Waals surface area contributed by atoms with Crippen molar-refractivity contribution in [2.24, 2.45) is 0 Å². The Morgan fingerprint density at radius 2 is 1.50 bits per heavy atom. The largest absolute Gasteiger partial charge is 0.298 e. The lowest BCUT2D eigenvalue weighted by Crippen LogP contribution is -2.57. The fraction of sp³-hybridized carbons (Fsp3) is 1.00. The molecular weight excluding hydrogens is 172 g/mol. The number of rotatable bonds is 3. The second kappa shape index (κ2) is 5.13. The molecule has 0 aromatic heterocycles. The molecule has 0 bridgehead atoms. The zero-order valence-corrected chi connectivity index (χ0v) is 10.5. The van der Waals surface area contributed by atoms with Gasteiger partial charge in [0.1, 0.15) is 0 Å². The molecule has 2 heteroatoms. The number of nitrogens with zero attached hydrogens (tertiary/aromatic N) is 2. The fourth-order valence-corrected chi connectivity index (χ4v) is 2.55. The maximum Gasteiger partial charge on any atom is 0.0195 e. The lowest BCUT2D eigenvalue weighted by molar-refractivity contribution is 0.0314. The Hall–Kier alpha value is -0.0800. The minimum absolute atomic E-state index is 0.708. The van der Waals surface area contributed by atoms with Crippen LogP contribution in [0.4, 0.5) is 0 Å². The lowest BCUT2D eigenvalue weighted by atomic mass is 10.0. The zero-order chi connectivity index (χ0) is 10.7. The summed E-state index contributed by atoms with van der Waals surface area (Å²) < 4.78 is 0. The Kier molecular flexibility index (Phi) is 4.39. The van der Waals surface area contributed by atoms with E-state index in [9.17, 15) is 0 Å². The van der Waals surface area contributed by atoms with E-state index in [4.69, 9.17) is 0 Å². The first-order chi connectivity index (χ1) is 6.60. The van der Waals surface area contributed by atoms with E-state index in [0.29, 0.717) is 12.1 Å². The molecule has 1 aliphatic rings. The van der Waals surface area contributed by atoms with Crippen molar-refractivity contribution in [1.29, 1.82) is 0 Å². The highest BCUT2D eigenvalue weighted by molar-refractivity contribution is 4.85. The molecule has 0 aromatic rings. The molecule has 0 saturated carbocycles. The van der Waals surface area contributed by atoms with Crippen LogP contribution in [0.1, 0.15) is 40.5 Å².